The van der Waals surface area contributed by atoms with Crippen LogP contribution in [0.4, 0.5) is 4.39 Å². The first kappa shape index (κ1) is 22.4. The molecule has 26 heavy (non-hydrogen) atoms. The highest BCUT2D eigenvalue weighted by molar-refractivity contribution is 5.99. The van der Waals surface area contributed by atoms with E-state index in [0.717, 1.165) is 19.3 Å². The van der Waals surface area contributed by atoms with E-state index in [2.05, 4.69) is 11.9 Å². The highest BCUT2D eigenvalue weighted by Gasteiger charge is 2.22. The first-order valence-electron chi connectivity index (χ1n) is 10.2. The molecule has 5 heteroatoms. The summed E-state index contributed by atoms with van der Waals surface area (Å²) in [4.78, 5) is 26.2. The van der Waals surface area contributed by atoms with Crippen LogP contribution in [0, 0.1) is 5.82 Å². The fourth-order valence-electron chi connectivity index (χ4n) is 3.04. The van der Waals surface area contributed by atoms with Gasteiger partial charge in [-0.3, -0.25) is 4.79 Å². The minimum absolute atomic E-state index is 0.0415. The van der Waals surface area contributed by atoms with Crippen molar-refractivity contribution in [3.63, 3.8) is 0 Å². The standard InChI is InChI=1S/C21H34FNO3/c1-3-5-6-7-8-9-10-11-12-13-14-15-18(24)17-16-23-20(19(17)22)21(25)26-4-2/h16,23H,3-15H2,1-2H3. The van der Waals surface area contributed by atoms with Gasteiger partial charge in [0.05, 0.1) is 12.2 Å². The average Bonchev–Trinajstić information content (AvgIpc) is 3.01. The number of Topliss-reactive ketones (excluding diaryl/α,β-unsaturated/α-hetero) is 1. The zero-order chi connectivity index (χ0) is 19.2. The molecule has 0 aliphatic heterocycles. The normalized spacial score (nSPS) is 10.9. The molecular formula is C21H34FNO3. The van der Waals surface area contributed by atoms with Crippen LogP contribution in [0.3, 0.4) is 0 Å². The van der Waals surface area contributed by atoms with E-state index in [1.807, 2.05) is 0 Å². The number of aromatic nitrogens is 1. The van der Waals surface area contributed by atoms with Gasteiger partial charge in [0.1, 0.15) is 0 Å². The number of hydrogen-bond donors (Lipinski definition) is 1. The van der Waals surface area contributed by atoms with Crippen LogP contribution in [0.1, 0.15) is 112 Å². The van der Waals surface area contributed by atoms with Gasteiger partial charge in [0, 0.05) is 12.6 Å². The number of esters is 1. The number of unbranched alkanes of at least 4 members (excludes halogenated alkanes) is 10. The summed E-state index contributed by atoms with van der Waals surface area (Å²) in [5, 5.41) is 0. The average molecular weight is 368 g/mol. The molecule has 0 aliphatic carbocycles. The van der Waals surface area contributed by atoms with Gasteiger partial charge in [-0.15, -0.1) is 0 Å². The van der Waals surface area contributed by atoms with Crippen molar-refractivity contribution in [2.75, 3.05) is 6.61 Å². The first-order chi connectivity index (χ1) is 12.6. The lowest BCUT2D eigenvalue weighted by atomic mass is 10.0. The van der Waals surface area contributed by atoms with Gasteiger partial charge in [-0.1, -0.05) is 71.1 Å². The number of carbonyl (C=O) groups excluding carboxylic acids is 2. The molecule has 1 heterocycles. The molecule has 0 saturated heterocycles. The van der Waals surface area contributed by atoms with Crippen LogP contribution < -0.4 is 0 Å². The van der Waals surface area contributed by atoms with E-state index in [1.165, 1.54) is 57.6 Å². The maximum atomic E-state index is 14.1. The summed E-state index contributed by atoms with van der Waals surface area (Å²) in [6.45, 7) is 4.05. The quantitative estimate of drug-likeness (QED) is 0.228. The summed E-state index contributed by atoms with van der Waals surface area (Å²) in [6.07, 6.45) is 14.9. The molecule has 1 aromatic heterocycles. The molecular weight excluding hydrogens is 333 g/mol. The number of H-pyrrole nitrogens is 1. The van der Waals surface area contributed by atoms with Gasteiger partial charge >= 0.3 is 5.97 Å². The van der Waals surface area contributed by atoms with E-state index in [-0.39, 0.29) is 23.6 Å². The Bertz CT molecular complexity index is 539. The van der Waals surface area contributed by atoms with Gasteiger partial charge in [0.15, 0.2) is 17.3 Å². The Morgan fingerprint density at radius 3 is 2.00 bits per heavy atom. The van der Waals surface area contributed by atoms with Gasteiger partial charge in [0.25, 0.3) is 0 Å². The molecule has 0 fully saturated rings. The molecule has 1 aromatic rings. The lowest BCUT2D eigenvalue weighted by Crippen LogP contribution is -2.08. The number of nitrogens with one attached hydrogen (secondary N) is 1. The Kier molecular flexibility index (Phi) is 11.7. The molecule has 148 valence electrons. The Balaban J connectivity index is 2.15. The summed E-state index contributed by atoms with van der Waals surface area (Å²) in [5.74, 6) is -1.82. The lowest BCUT2D eigenvalue weighted by Gasteiger charge is -2.03. The topological polar surface area (TPSA) is 59.2 Å². The molecule has 0 radical (unpaired) electrons. The van der Waals surface area contributed by atoms with Crippen molar-refractivity contribution in [2.24, 2.45) is 0 Å². The van der Waals surface area contributed by atoms with Crippen molar-refractivity contribution in [1.29, 1.82) is 0 Å². The monoisotopic (exact) mass is 367 g/mol. The third-order valence-corrected chi connectivity index (χ3v) is 4.60. The molecule has 0 bridgehead atoms. The molecule has 0 amide bonds. The number of halogens is 1. The molecule has 0 aromatic carbocycles. The minimum atomic E-state index is -0.795. The number of aromatic amines is 1. The molecule has 0 saturated carbocycles. The Morgan fingerprint density at radius 1 is 0.923 bits per heavy atom. The van der Waals surface area contributed by atoms with Crippen LogP contribution in [-0.2, 0) is 4.74 Å². The molecule has 1 N–H and O–H groups in total. The maximum absolute atomic E-state index is 14.1. The highest BCUT2D eigenvalue weighted by atomic mass is 19.1. The van der Waals surface area contributed by atoms with E-state index < -0.39 is 11.8 Å². The number of ether oxygens (including phenoxy) is 1. The largest absolute Gasteiger partial charge is 0.461 e. The summed E-state index contributed by atoms with van der Waals surface area (Å²) in [7, 11) is 0. The van der Waals surface area contributed by atoms with Crippen LogP contribution in [0.25, 0.3) is 0 Å². The van der Waals surface area contributed by atoms with E-state index in [0.29, 0.717) is 6.42 Å². The molecule has 0 unspecified atom stereocenters. The SMILES string of the molecule is CCCCCCCCCCCCCC(=O)c1c[nH]c(C(=O)OCC)c1F. The van der Waals surface area contributed by atoms with Crippen molar-refractivity contribution in [1.82, 2.24) is 4.98 Å². The van der Waals surface area contributed by atoms with E-state index in [4.69, 9.17) is 4.74 Å². The van der Waals surface area contributed by atoms with E-state index >= 15 is 0 Å². The van der Waals surface area contributed by atoms with Crippen LogP contribution in [0.5, 0.6) is 0 Å². The summed E-state index contributed by atoms with van der Waals surface area (Å²) in [6, 6.07) is 0. The summed E-state index contributed by atoms with van der Waals surface area (Å²) >= 11 is 0. The predicted molar refractivity (Wildman–Crippen MR) is 102 cm³/mol. The van der Waals surface area contributed by atoms with Gasteiger partial charge in [0.2, 0.25) is 0 Å². The Hall–Kier alpha value is -1.65. The Labute approximate surface area is 156 Å². The summed E-state index contributed by atoms with van der Waals surface area (Å²) in [5.41, 5.74) is -0.311. The number of ketones is 1. The fourth-order valence-corrected chi connectivity index (χ4v) is 3.04. The zero-order valence-electron chi connectivity index (χ0n) is 16.4. The van der Waals surface area contributed by atoms with Crippen LogP contribution in [-0.4, -0.2) is 23.3 Å². The molecule has 1 rings (SSSR count). The predicted octanol–water partition coefficient (Wildman–Crippen LogP) is 6.21. The van der Waals surface area contributed by atoms with Crippen molar-refractivity contribution >= 4 is 11.8 Å². The van der Waals surface area contributed by atoms with Crippen molar-refractivity contribution < 1.29 is 18.7 Å². The van der Waals surface area contributed by atoms with Crippen molar-refractivity contribution in [3.05, 3.63) is 23.3 Å². The molecule has 0 atom stereocenters. The third-order valence-electron chi connectivity index (χ3n) is 4.60. The third kappa shape index (κ3) is 8.15. The van der Waals surface area contributed by atoms with Gasteiger partial charge in [-0.25, -0.2) is 9.18 Å². The minimum Gasteiger partial charge on any atom is -0.461 e. The van der Waals surface area contributed by atoms with Gasteiger partial charge < -0.3 is 9.72 Å². The van der Waals surface area contributed by atoms with E-state index in [9.17, 15) is 14.0 Å². The molecule has 0 aliphatic rings. The van der Waals surface area contributed by atoms with Crippen molar-refractivity contribution in [2.45, 2.75) is 90.9 Å². The number of carbonyl (C=O) groups is 2. The number of hydrogen-bond acceptors (Lipinski definition) is 3. The van der Waals surface area contributed by atoms with Crippen LogP contribution in [0.15, 0.2) is 6.20 Å². The molecule has 4 nitrogen and oxygen atoms in total. The second kappa shape index (κ2) is 13.5. The number of rotatable bonds is 15. The maximum Gasteiger partial charge on any atom is 0.357 e. The van der Waals surface area contributed by atoms with Crippen molar-refractivity contribution in [3.8, 4) is 0 Å². The summed E-state index contributed by atoms with van der Waals surface area (Å²) < 4.78 is 18.9. The van der Waals surface area contributed by atoms with Gasteiger partial charge in [-0.2, -0.15) is 0 Å². The molecule has 0 spiro atoms. The Morgan fingerprint density at radius 2 is 1.46 bits per heavy atom. The zero-order valence-corrected chi connectivity index (χ0v) is 16.4. The van der Waals surface area contributed by atoms with Gasteiger partial charge in [-0.05, 0) is 13.3 Å². The smallest absolute Gasteiger partial charge is 0.357 e. The lowest BCUT2D eigenvalue weighted by molar-refractivity contribution is 0.0515. The second-order valence-electron chi connectivity index (χ2n) is 6.82. The van der Waals surface area contributed by atoms with E-state index in [1.54, 1.807) is 6.92 Å². The first-order valence-corrected chi connectivity index (χ1v) is 10.2. The second-order valence-corrected chi connectivity index (χ2v) is 6.82. The van der Waals surface area contributed by atoms with Crippen LogP contribution in [0.2, 0.25) is 0 Å². The van der Waals surface area contributed by atoms with Crippen LogP contribution >= 0.6 is 0 Å². The highest BCUT2D eigenvalue weighted by Crippen LogP contribution is 2.17. The fraction of sp³-hybridized carbons (Fsp3) is 0.714.